The van der Waals surface area contributed by atoms with Crippen molar-refractivity contribution in [1.29, 1.82) is 0 Å². The van der Waals surface area contributed by atoms with E-state index in [0.29, 0.717) is 22.4 Å². The van der Waals surface area contributed by atoms with Gasteiger partial charge < -0.3 is 15.3 Å². The van der Waals surface area contributed by atoms with E-state index in [1.807, 2.05) is 0 Å². The highest BCUT2D eigenvalue weighted by atomic mass is 19.3. The van der Waals surface area contributed by atoms with Crippen molar-refractivity contribution in [3.05, 3.63) is 63.5 Å². The Labute approximate surface area is 186 Å². The summed E-state index contributed by atoms with van der Waals surface area (Å²) in [6.07, 6.45) is -2.75. The van der Waals surface area contributed by atoms with Gasteiger partial charge in [0, 0.05) is 36.7 Å². The summed E-state index contributed by atoms with van der Waals surface area (Å²) < 4.78 is 42.2. The summed E-state index contributed by atoms with van der Waals surface area (Å²) in [5.74, 6) is -0.695. The number of fused-ring (bicyclic) bond motifs is 1. The number of pyridine rings is 1. The lowest BCUT2D eigenvalue weighted by Gasteiger charge is -2.46. The van der Waals surface area contributed by atoms with E-state index in [4.69, 9.17) is 0 Å². The fourth-order valence-electron chi connectivity index (χ4n) is 4.27. The van der Waals surface area contributed by atoms with Gasteiger partial charge in [0.1, 0.15) is 23.6 Å². The average Bonchev–Trinajstić information content (AvgIpc) is 2.74. The third kappa shape index (κ3) is 3.77. The van der Waals surface area contributed by atoms with Crippen LogP contribution < -0.4 is 10.9 Å². The molecule has 8 nitrogen and oxygen atoms in total. The van der Waals surface area contributed by atoms with E-state index in [1.54, 1.807) is 27.0 Å². The van der Waals surface area contributed by atoms with Gasteiger partial charge in [0.05, 0.1) is 17.0 Å². The molecule has 1 amide bonds. The molecule has 2 N–H and O–H groups in total. The number of rotatable bonds is 5. The van der Waals surface area contributed by atoms with E-state index in [-0.39, 0.29) is 24.2 Å². The molecule has 3 heterocycles. The summed E-state index contributed by atoms with van der Waals surface area (Å²) in [6, 6.07) is 4.73. The van der Waals surface area contributed by atoms with E-state index < -0.39 is 35.4 Å². The molecule has 3 aromatic rings. The van der Waals surface area contributed by atoms with Crippen LogP contribution in [0.4, 0.5) is 23.8 Å². The smallest absolute Gasteiger partial charge is 0.407 e. The topological polar surface area (TPSA) is 100 Å². The number of hydrogen-bond acceptors (Lipinski definition) is 5. The molecule has 1 aliphatic heterocycles. The van der Waals surface area contributed by atoms with Gasteiger partial charge in [0.25, 0.3) is 12.0 Å². The molecule has 1 aliphatic rings. The molecule has 174 valence electrons. The standard InChI is InChI=1S/C22H22F3N5O3/c1-11(12-5-4-6-13(16(12)23)17(24)25)28-18-14-7-15(22(2)8-30(9-22)21(32)33)20(31)29(3)19(14)27-10-26-18/h4-7,10-11,17H,8-9H2,1-3H3,(H,32,33)(H,26,27,28). The van der Waals surface area contributed by atoms with Crippen LogP contribution in [0.2, 0.25) is 0 Å². The molecule has 33 heavy (non-hydrogen) atoms. The van der Waals surface area contributed by atoms with Crippen LogP contribution >= 0.6 is 0 Å². The van der Waals surface area contributed by atoms with Gasteiger partial charge in [-0.3, -0.25) is 9.36 Å². The molecule has 11 heteroatoms. The second kappa shape index (κ2) is 8.05. The molecule has 0 saturated carbocycles. The molecule has 1 unspecified atom stereocenters. The quantitative estimate of drug-likeness (QED) is 0.599. The third-order valence-corrected chi connectivity index (χ3v) is 6.12. The molecule has 0 aliphatic carbocycles. The molecule has 0 spiro atoms. The van der Waals surface area contributed by atoms with E-state index in [0.717, 1.165) is 6.07 Å². The lowest BCUT2D eigenvalue weighted by atomic mass is 9.76. The lowest BCUT2D eigenvalue weighted by molar-refractivity contribution is 0.0676. The maximum Gasteiger partial charge on any atom is 0.407 e. The van der Waals surface area contributed by atoms with Gasteiger partial charge in [-0.1, -0.05) is 25.1 Å². The zero-order valence-electron chi connectivity index (χ0n) is 18.1. The van der Waals surface area contributed by atoms with Crippen molar-refractivity contribution >= 4 is 22.9 Å². The monoisotopic (exact) mass is 461 g/mol. The van der Waals surface area contributed by atoms with Crippen molar-refractivity contribution in [3.63, 3.8) is 0 Å². The number of alkyl halides is 2. The molecule has 4 rings (SSSR count). The van der Waals surface area contributed by atoms with Crippen molar-refractivity contribution in [2.24, 2.45) is 7.05 Å². The number of anilines is 1. The molecular weight excluding hydrogens is 439 g/mol. The molecule has 2 aromatic heterocycles. The number of nitrogens with zero attached hydrogens (tertiary/aromatic N) is 4. The Morgan fingerprint density at radius 2 is 1.91 bits per heavy atom. The second-order valence-electron chi connectivity index (χ2n) is 8.50. The van der Waals surface area contributed by atoms with Crippen molar-refractivity contribution < 1.29 is 23.1 Å². The number of halogens is 3. The predicted molar refractivity (Wildman–Crippen MR) is 115 cm³/mol. The van der Waals surface area contributed by atoms with E-state index >= 15 is 0 Å². The first-order valence-corrected chi connectivity index (χ1v) is 10.2. The number of likely N-dealkylation sites (tertiary alicyclic amines) is 1. The number of carboxylic acid groups (broad SMARTS) is 1. The summed E-state index contributed by atoms with van der Waals surface area (Å²) in [7, 11) is 1.55. The first kappa shape index (κ1) is 22.6. The number of nitrogens with one attached hydrogen (secondary N) is 1. The molecule has 1 atom stereocenters. The summed E-state index contributed by atoms with van der Waals surface area (Å²) in [5, 5.41) is 12.7. The minimum absolute atomic E-state index is 0.0488. The molecule has 0 bridgehead atoms. The Morgan fingerprint density at radius 1 is 1.24 bits per heavy atom. The van der Waals surface area contributed by atoms with Crippen molar-refractivity contribution in [2.45, 2.75) is 31.7 Å². The van der Waals surface area contributed by atoms with Crippen LogP contribution in [0.3, 0.4) is 0 Å². The van der Waals surface area contributed by atoms with E-state index in [2.05, 4.69) is 15.3 Å². The number of amides is 1. The van der Waals surface area contributed by atoms with Gasteiger partial charge in [0.15, 0.2) is 0 Å². The highest BCUT2D eigenvalue weighted by Gasteiger charge is 2.44. The van der Waals surface area contributed by atoms with Crippen LogP contribution in [0.1, 0.15) is 43.0 Å². The third-order valence-electron chi connectivity index (χ3n) is 6.12. The summed E-state index contributed by atoms with van der Waals surface area (Å²) in [6.45, 7) is 3.76. The highest BCUT2D eigenvalue weighted by Crippen LogP contribution is 2.35. The summed E-state index contributed by atoms with van der Waals surface area (Å²) >= 11 is 0. The predicted octanol–water partition coefficient (Wildman–Crippen LogP) is 3.83. The number of aromatic nitrogens is 3. The number of benzene rings is 1. The summed E-state index contributed by atoms with van der Waals surface area (Å²) in [4.78, 5) is 33.8. The normalized spacial score (nSPS) is 16.0. The first-order chi connectivity index (χ1) is 15.5. The first-order valence-electron chi connectivity index (χ1n) is 10.2. The van der Waals surface area contributed by atoms with E-state index in [9.17, 15) is 27.9 Å². The lowest BCUT2D eigenvalue weighted by Crippen LogP contribution is -2.61. The fourth-order valence-corrected chi connectivity index (χ4v) is 4.27. The van der Waals surface area contributed by atoms with Gasteiger partial charge in [-0.15, -0.1) is 0 Å². The Balaban J connectivity index is 1.76. The number of hydrogen-bond donors (Lipinski definition) is 2. The Kier molecular flexibility index (Phi) is 5.51. The second-order valence-corrected chi connectivity index (χ2v) is 8.50. The minimum atomic E-state index is -2.94. The van der Waals surface area contributed by atoms with E-state index in [1.165, 1.54) is 27.9 Å². The molecule has 1 aromatic carbocycles. The molecule has 1 fully saturated rings. The fraction of sp³-hybridized carbons (Fsp3) is 0.364. The Hall–Kier alpha value is -3.63. The number of aryl methyl sites for hydroxylation is 1. The van der Waals surface area contributed by atoms with Gasteiger partial charge in [0.2, 0.25) is 0 Å². The molecule has 1 saturated heterocycles. The molecular formula is C22H22F3N5O3. The van der Waals surface area contributed by atoms with Gasteiger partial charge in [-0.25, -0.2) is 27.9 Å². The summed E-state index contributed by atoms with van der Waals surface area (Å²) in [5.41, 5.74) is -0.882. The number of carbonyl (C=O) groups is 1. The highest BCUT2D eigenvalue weighted by molar-refractivity contribution is 5.87. The largest absolute Gasteiger partial charge is 0.465 e. The van der Waals surface area contributed by atoms with Crippen LogP contribution in [-0.2, 0) is 12.5 Å². The van der Waals surface area contributed by atoms with Crippen molar-refractivity contribution in [1.82, 2.24) is 19.4 Å². The van der Waals surface area contributed by atoms with Crippen LogP contribution in [0.25, 0.3) is 11.0 Å². The van der Waals surface area contributed by atoms with Crippen LogP contribution in [0.5, 0.6) is 0 Å². The maximum atomic E-state index is 14.6. The SMILES string of the molecule is CC(Nc1ncnc2c1cc(C1(C)CN(C(=O)O)C1)c(=O)n2C)c1cccc(C(F)F)c1F. The van der Waals surface area contributed by atoms with Gasteiger partial charge in [-0.05, 0) is 13.0 Å². The van der Waals surface area contributed by atoms with Crippen LogP contribution in [-0.4, -0.2) is 43.7 Å². The zero-order chi connectivity index (χ0) is 24.1. The van der Waals surface area contributed by atoms with Gasteiger partial charge >= 0.3 is 6.09 Å². The van der Waals surface area contributed by atoms with Crippen molar-refractivity contribution in [2.75, 3.05) is 18.4 Å². The van der Waals surface area contributed by atoms with Crippen LogP contribution in [0, 0.1) is 5.82 Å². The van der Waals surface area contributed by atoms with Gasteiger partial charge in [-0.2, -0.15) is 0 Å². The Bertz CT molecular complexity index is 1300. The zero-order valence-corrected chi connectivity index (χ0v) is 18.1. The van der Waals surface area contributed by atoms with Crippen LogP contribution in [0.15, 0.2) is 35.4 Å². The average molecular weight is 461 g/mol. The maximum absolute atomic E-state index is 14.6. The molecule has 0 radical (unpaired) electrons. The Morgan fingerprint density at radius 3 is 2.55 bits per heavy atom. The minimum Gasteiger partial charge on any atom is -0.465 e. The van der Waals surface area contributed by atoms with Crippen molar-refractivity contribution in [3.8, 4) is 0 Å².